The fraction of sp³-hybridized carbons (Fsp3) is 0.765. The Bertz CT molecular complexity index is 519. The third-order valence-electron chi connectivity index (χ3n) is 4.22. The fourth-order valence-corrected chi connectivity index (χ4v) is 3.62. The van der Waals surface area contributed by atoms with Crippen LogP contribution in [-0.4, -0.2) is 60.8 Å². The number of hydrogen-bond donors (Lipinski definition) is 2. The number of morpholine rings is 1. The van der Waals surface area contributed by atoms with Crippen molar-refractivity contribution < 1.29 is 4.74 Å². The van der Waals surface area contributed by atoms with Crippen molar-refractivity contribution >= 4 is 17.3 Å². The zero-order chi connectivity index (χ0) is 17.4. The van der Waals surface area contributed by atoms with Gasteiger partial charge in [-0.1, -0.05) is 6.92 Å². The molecule has 1 fully saturated rings. The van der Waals surface area contributed by atoms with E-state index in [2.05, 4.69) is 53.2 Å². The van der Waals surface area contributed by atoms with Crippen LogP contribution in [0.15, 0.2) is 11.2 Å². The van der Waals surface area contributed by atoms with E-state index in [-0.39, 0.29) is 0 Å². The molecule has 0 aliphatic carbocycles. The largest absolute Gasteiger partial charge is 0.379 e. The summed E-state index contributed by atoms with van der Waals surface area (Å²) in [6.45, 7) is 13.7. The highest BCUT2D eigenvalue weighted by Crippen LogP contribution is 2.14. The van der Waals surface area contributed by atoms with Crippen LogP contribution in [0.25, 0.3) is 0 Å². The summed E-state index contributed by atoms with van der Waals surface area (Å²) in [6, 6.07) is 0.914. The second kappa shape index (κ2) is 9.96. The van der Waals surface area contributed by atoms with Gasteiger partial charge < -0.3 is 15.4 Å². The maximum atomic E-state index is 5.52. The zero-order valence-electron chi connectivity index (χ0n) is 15.3. The van der Waals surface area contributed by atoms with Crippen LogP contribution in [0.1, 0.15) is 37.6 Å². The highest BCUT2D eigenvalue weighted by atomic mass is 32.1. The topological polar surface area (TPSA) is 61.8 Å². The van der Waals surface area contributed by atoms with Gasteiger partial charge in [0.05, 0.1) is 19.8 Å². The molecule has 1 saturated heterocycles. The average Bonchev–Trinajstić information content (AvgIpc) is 3.05. The van der Waals surface area contributed by atoms with E-state index in [9.17, 15) is 0 Å². The Labute approximate surface area is 149 Å². The van der Waals surface area contributed by atoms with Crippen LogP contribution in [0.2, 0.25) is 0 Å². The Balaban J connectivity index is 1.86. The summed E-state index contributed by atoms with van der Waals surface area (Å²) in [5.74, 6) is 0.860. The van der Waals surface area contributed by atoms with Crippen LogP contribution < -0.4 is 10.6 Å². The van der Waals surface area contributed by atoms with Gasteiger partial charge in [0.15, 0.2) is 5.96 Å². The molecule has 0 saturated carbocycles. The summed E-state index contributed by atoms with van der Waals surface area (Å²) in [4.78, 5) is 12.9. The number of aromatic nitrogens is 1. The first-order valence-electron chi connectivity index (χ1n) is 8.93. The molecule has 2 unspecified atom stereocenters. The van der Waals surface area contributed by atoms with Crippen LogP contribution in [0.4, 0.5) is 0 Å². The lowest BCUT2D eigenvalue weighted by molar-refractivity contribution is -0.0174. The third-order valence-corrected chi connectivity index (χ3v) is 5.34. The molecule has 2 atom stereocenters. The van der Waals surface area contributed by atoms with Crippen LogP contribution in [0, 0.1) is 0 Å². The van der Waals surface area contributed by atoms with E-state index in [1.165, 1.54) is 4.88 Å². The van der Waals surface area contributed by atoms with Crippen molar-refractivity contribution in [3.05, 3.63) is 16.1 Å². The van der Waals surface area contributed by atoms with Crippen LogP contribution in [0.3, 0.4) is 0 Å². The molecular formula is C17H31N5OS. The molecule has 0 radical (unpaired) electrons. The SMILES string of the molecule is CCNC(=NCc1ncc(CC)s1)NCC(C)N1CCOCC1C. The first kappa shape index (κ1) is 19.1. The number of nitrogens with one attached hydrogen (secondary N) is 2. The van der Waals surface area contributed by atoms with Gasteiger partial charge in [0, 0.05) is 42.8 Å². The molecular weight excluding hydrogens is 322 g/mol. The molecule has 0 bridgehead atoms. The second-order valence-corrected chi connectivity index (χ2v) is 7.36. The average molecular weight is 354 g/mol. The Kier molecular flexibility index (Phi) is 7.94. The van der Waals surface area contributed by atoms with Gasteiger partial charge in [0.1, 0.15) is 5.01 Å². The number of aliphatic imine (C=N–C) groups is 1. The molecule has 6 nitrogen and oxygen atoms in total. The van der Waals surface area contributed by atoms with Crippen molar-refractivity contribution in [2.75, 3.05) is 32.8 Å². The van der Waals surface area contributed by atoms with Crippen molar-refractivity contribution in [3.8, 4) is 0 Å². The quantitative estimate of drug-likeness (QED) is 0.579. The highest BCUT2D eigenvalue weighted by Gasteiger charge is 2.23. The molecule has 7 heteroatoms. The number of thiazole rings is 1. The lowest BCUT2D eigenvalue weighted by Crippen LogP contribution is -2.53. The Morgan fingerprint density at radius 1 is 1.50 bits per heavy atom. The monoisotopic (exact) mass is 353 g/mol. The molecule has 2 N–H and O–H groups in total. The normalized spacial score (nSPS) is 20.8. The molecule has 0 amide bonds. The van der Waals surface area contributed by atoms with Gasteiger partial charge in [-0.15, -0.1) is 11.3 Å². The lowest BCUT2D eigenvalue weighted by atomic mass is 10.2. The summed E-state index contributed by atoms with van der Waals surface area (Å²) < 4.78 is 5.52. The molecule has 136 valence electrons. The number of rotatable bonds is 7. The second-order valence-electron chi connectivity index (χ2n) is 6.16. The molecule has 1 aliphatic rings. The third kappa shape index (κ3) is 5.72. The molecule has 1 aliphatic heterocycles. The summed E-state index contributed by atoms with van der Waals surface area (Å²) >= 11 is 1.74. The first-order chi connectivity index (χ1) is 11.6. The minimum absolute atomic E-state index is 0.444. The molecule has 2 heterocycles. The van der Waals surface area contributed by atoms with Gasteiger partial charge >= 0.3 is 0 Å². The number of guanidine groups is 1. The van der Waals surface area contributed by atoms with Gasteiger partial charge in [-0.25, -0.2) is 9.98 Å². The van der Waals surface area contributed by atoms with E-state index in [4.69, 9.17) is 4.74 Å². The molecule has 2 rings (SSSR count). The first-order valence-corrected chi connectivity index (χ1v) is 9.74. The minimum Gasteiger partial charge on any atom is -0.379 e. The molecule has 0 aromatic carbocycles. The van der Waals surface area contributed by atoms with Crippen molar-refractivity contribution in [2.24, 2.45) is 4.99 Å². The summed E-state index contributed by atoms with van der Waals surface area (Å²) in [5.41, 5.74) is 0. The van der Waals surface area contributed by atoms with Crippen molar-refractivity contribution in [3.63, 3.8) is 0 Å². The van der Waals surface area contributed by atoms with Crippen LogP contribution >= 0.6 is 11.3 Å². The van der Waals surface area contributed by atoms with Crippen molar-refractivity contribution in [1.29, 1.82) is 0 Å². The van der Waals surface area contributed by atoms with Gasteiger partial charge in [-0.3, -0.25) is 4.90 Å². The Hall–Kier alpha value is -1.18. The Morgan fingerprint density at radius 3 is 3.00 bits per heavy atom. The van der Waals surface area contributed by atoms with Crippen LogP contribution in [-0.2, 0) is 17.7 Å². The van der Waals surface area contributed by atoms with Gasteiger partial charge in [0.25, 0.3) is 0 Å². The van der Waals surface area contributed by atoms with E-state index in [1.54, 1.807) is 11.3 Å². The zero-order valence-corrected chi connectivity index (χ0v) is 16.2. The van der Waals surface area contributed by atoms with E-state index in [1.807, 2.05) is 6.20 Å². The maximum absolute atomic E-state index is 5.52. The number of hydrogen-bond acceptors (Lipinski definition) is 5. The predicted molar refractivity (Wildman–Crippen MR) is 101 cm³/mol. The fourth-order valence-electron chi connectivity index (χ4n) is 2.83. The number of ether oxygens (including phenoxy) is 1. The summed E-state index contributed by atoms with van der Waals surface area (Å²) in [5, 5.41) is 7.85. The van der Waals surface area contributed by atoms with E-state index in [0.29, 0.717) is 18.6 Å². The number of aryl methyl sites for hydroxylation is 1. The van der Waals surface area contributed by atoms with E-state index < -0.39 is 0 Å². The smallest absolute Gasteiger partial charge is 0.191 e. The Morgan fingerprint density at radius 2 is 2.33 bits per heavy atom. The summed E-state index contributed by atoms with van der Waals surface area (Å²) in [7, 11) is 0. The molecule has 24 heavy (non-hydrogen) atoms. The lowest BCUT2D eigenvalue weighted by Gasteiger charge is -2.38. The predicted octanol–water partition coefficient (Wildman–Crippen LogP) is 1.87. The number of nitrogens with zero attached hydrogens (tertiary/aromatic N) is 3. The van der Waals surface area contributed by atoms with Gasteiger partial charge in [-0.05, 0) is 27.2 Å². The summed E-state index contributed by atoms with van der Waals surface area (Å²) in [6.07, 6.45) is 2.99. The van der Waals surface area contributed by atoms with Crippen molar-refractivity contribution in [2.45, 2.75) is 52.7 Å². The maximum Gasteiger partial charge on any atom is 0.191 e. The molecule has 0 spiro atoms. The van der Waals surface area contributed by atoms with E-state index in [0.717, 1.165) is 50.2 Å². The van der Waals surface area contributed by atoms with Crippen LogP contribution in [0.5, 0.6) is 0 Å². The highest BCUT2D eigenvalue weighted by molar-refractivity contribution is 7.11. The van der Waals surface area contributed by atoms with Crippen molar-refractivity contribution in [1.82, 2.24) is 20.5 Å². The molecule has 1 aromatic heterocycles. The minimum atomic E-state index is 0.444. The standard InChI is InChI=1S/C17H31N5OS/c1-5-15-10-19-16(24-15)11-21-17(18-6-2)20-9-13(3)22-7-8-23-12-14(22)4/h10,13-14H,5-9,11-12H2,1-4H3,(H2,18,20,21). The molecule has 1 aromatic rings. The van der Waals surface area contributed by atoms with Gasteiger partial charge in [-0.2, -0.15) is 0 Å². The van der Waals surface area contributed by atoms with Gasteiger partial charge in [0.2, 0.25) is 0 Å². The van der Waals surface area contributed by atoms with E-state index >= 15 is 0 Å².